The molecule has 1 atom stereocenters. The molecule has 3 heteroatoms. The van der Waals surface area contributed by atoms with Crippen LogP contribution in [-0.2, 0) is 6.42 Å². The van der Waals surface area contributed by atoms with Gasteiger partial charge in [-0.15, -0.1) is 0 Å². The molecule has 0 fully saturated rings. The highest BCUT2D eigenvalue weighted by atomic mass is 16.3. The molecule has 0 radical (unpaired) electrons. The van der Waals surface area contributed by atoms with Gasteiger partial charge < -0.3 is 9.73 Å². The number of nitrogens with one attached hydrogen (secondary N) is 1. The SMILES string of the molecule is CC(CCc1ccco1)Nc1ccccn1. The lowest BCUT2D eigenvalue weighted by Gasteiger charge is -2.13. The molecular weight excluding hydrogens is 200 g/mol. The lowest BCUT2D eigenvalue weighted by Crippen LogP contribution is -2.16. The summed E-state index contributed by atoms with van der Waals surface area (Å²) in [6.07, 6.45) is 5.49. The molecule has 2 aromatic heterocycles. The van der Waals surface area contributed by atoms with E-state index in [1.165, 1.54) is 0 Å². The Labute approximate surface area is 95.5 Å². The van der Waals surface area contributed by atoms with E-state index in [-0.39, 0.29) is 0 Å². The minimum Gasteiger partial charge on any atom is -0.469 e. The van der Waals surface area contributed by atoms with Gasteiger partial charge in [0.1, 0.15) is 11.6 Å². The lowest BCUT2D eigenvalue weighted by atomic mass is 10.1. The number of rotatable bonds is 5. The summed E-state index contributed by atoms with van der Waals surface area (Å²) < 4.78 is 5.29. The molecule has 3 nitrogen and oxygen atoms in total. The van der Waals surface area contributed by atoms with Gasteiger partial charge in [0.2, 0.25) is 0 Å². The first-order valence-electron chi connectivity index (χ1n) is 5.54. The summed E-state index contributed by atoms with van der Waals surface area (Å²) in [6.45, 7) is 2.15. The first-order chi connectivity index (χ1) is 7.84. The molecule has 0 bridgehead atoms. The number of nitrogens with zero attached hydrogens (tertiary/aromatic N) is 1. The van der Waals surface area contributed by atoms with Crippen LogP contribution in [0.15, 0.2) is 47.2 Å². The van der Waals surface area contributed by atoms with Crippen molar-refractivity contribution in [2.75, 3.05) is 5.32 Å². The number of hydrogen-bond donors (Lipinski definition) is 1. The molecule has 0 aromatic carbocycles. The molecule has 1 N–H and O–H groups in total. The minimum absolute atomic E-state index is 0.389. The van der Waals surface area contributed by atoms with Crippen LogP contribution >= 0.6 is 0 Å². The quantitative estimate of drug-likeness (QED) is 0.834. The van der Waals surface area contributed by atoms with Crippen molar-refractivity contribution in [3.8, 4) is 0 Å². The first-order valence-corrected chi connectivity index (χ1v) is 5.54. The Kier molecular flexibility index (Phi) is 3.59. The third-order valence-corrected chi connectivity index (χ3v) is 2.46. The normalized spacial score (nSPS) is 12.3. The van der Waals surface area contributed by atoms with Gasteiger partial charge >= 0.3 is 0 Å². The predicted octanol–water partition coefficient (Wildman–Crippen LogP) is 3.11. The van der Waals surface area contributed by atoms with E-state index >= 15 is 0 Å². The molecule has 0 aliphatic carbocycles. The monoisotopic (exact) mass is 216 g/mol. The third kappa shape index (κ3) is 3.12. The zero-order valence-corrected chi connectivity index (χ0v) is 9.39. The van der Waals surface area contributed by atoms with Crippen molar-refractivity contribution in [1.29, 1.82) is 0 Å². The fraction of sp³-hybridized carbons (Fsp3) is 0.308. The highest BCUT2D eigenvalue weighted by Gasteiger charge is 2.04. The second kappa shape index (κ2) is 5.35. The van der Waals surface area contributed by atoms with Crippen molar-refractivity contribution in [2.45, 2.75) is 25.8 Å². The van der Waals surface area contributed by atoms with Crippen molar-refractivity contribution in [3.05, 3.63) is 48.6 Å². The van der Waals surface area contributed by atoms with Crippen molar-refractivity contribution in [2.24, 2.45) is 0 Å². The molecule has 16 heavy (non-hydrogen) atoms. The summed E-state index contributed by atoms with van der Waals surface area (Å²) in [4.78, 5) is 4.23. The highest BCUT2D eigenvalue weighted by molar-refractivity contribution is 5.34. The third-order valence-electron chi connectivity index (χ3n) is 2.46. The second-order valence-electron chi connectivity index (χ2n) is 3.88. The van der Waals surface area contributed by atoms with Gasteiger partial charge in [0.15, 0.2) is 0 Å². The van der Waals surface area contributed by atoms with Crippen molar-refractivity contribution in [1.82, 2.24) is 4.98 Å². The van der Waals surface area contributed by atoms with Crippen LogP contribution in [0.25, 0.3) is 0 Å². The van der Waals surface area contributed by atoms with Crippen LogP contribution in [0.4, 0.5) is 5.82 Å². The molecule has 0 saturated carbocycles. The second-order valence-corrected chi connectivity index (χ2v) is 3.88. The van der Waals surface area contributed by atoms with Crippen LogP contribution in [0, 0.1) is 0 Å². The maximum atomic E-state index is 5.29. The number of furan rings is 1. The Balaban J connectivity index is 1.78. The topological polar surface area (TPSA) is 38.1 Å². The number of pyridine rings is 1. The Morgan fingerprint density at radius 3 is 2.94 bits per heavy atom. The van der Waals surface area contributed by atoms with E-state index < -0.39 is 0 Å². The van der Waals surface area contributed by atoms with Crippen LogP contribution in [0.2, 0.25) is 0 Å². The lowest BCUT2D eigenvalue weighted by molar-refractivity contribution is 0.495. The Morgan fingerprint density at radius 1 is 1.31 bits per heavy atom. The van der Waals surface area contributed by atoms with Gasteiger partial charge in [-0.1, -0.05) is 6.07 Å². The van der Waals surface area contributed by atoms with Gasteiger partial charge in [-0.3, -0.25) is 0 Å². The van der Waals surface area contributed by atoms with E-state index in [2.05, 4.69) is 17.2 Å². The number of hydrogen-bond acceptors (Lipinski definition) is 3. The number of aryl methyl sites for hydroxylation is 1. The summed E-state index contributed by atoms with van der Waals surface area (Å²) in [5, 5.41) is 3.35. The standard InChI is InChI=1S/C13H16N2O/c1-11(7-8-12-5-4-10-16-12)15-13-6-2-3-9-14-13/h2-6,9-11H,7-8H2,1H3,(H,14,15). The van der Waals surface area contributed by atoms with E-state index in [4.69, 9.17) is 4.42 Å². The number of aromatic nitrogens is 1. The Hall–Kier alpha value is -1.77. The molecule has 0 amide bonds. The van der Waals surface area contributed by atoms with Gasteiger partial charge in [0, 0.05) is 18.7 Å². The van der Waals surface area contributed by atoms with Crippen molar-refractivity contribution >= 4 is 5.82 Å². The molecule has 0 saturated heterocycles. The van der Waals surface area contributed by atoms with E-state index in [0.29, 0.717) is 6.04 Å². The van der Waals surface area contributed by atoms with E-state index in [1.54, 1.807) is 12.5 Å². The Bertz CT molecular complexity index is 397. The molecule has 0 aliphatic heterocycles. The van der Waals surface area contributed by atoms with E-state index in [0.717, 1.165) is 24.4 Å². The molecule has 1 unspecified atom stereocenters. The average molecular weight is 216 g/mol. The maximum Gasteiger partial charge on any atom is 0.126 e. The zero-order chi connectivity index (χ0) is 11.2. The largest absolute Gasteiger partial charge is 0.469 e. The fourth-order valence-electron chi connectivity index (χ4n) is 1.59. The van der Waals surface area contributed by atoms with Gasteiger partial charge in [-0.25, -0.2) is 4.98 Å². The van der Waals surface area contributed by atoms with Crippen LogP contribution in [0.3, 0.4) is 0 Å². The van der Waals surface area contributed by atoms with Crippen LogP contribution in [0.1, 0.15) is 19.1 Å². The summed E-state index contributed by atoms with van der Waals surface area (Å²) in [5.41, 5.74) is 0. The smallest absolute Gasteiger partial charge is 0.126 e. The summed E-state index contributed by atoms with van der Waals surface area (Å²) in [6, 6.07) is 10.2. The summed E-state index contributed by atoms with van der Waals surface area (Å²) in [5.74, 6) is 1.96. The molecule has 84 valence electrons. The Morgan fingerprint density at radius 2 is 2.25 bits per heavy atom. The summed E-state index contributed by atoms with van der Waals surface area (Å²) in [7, 11) is 0. The highest BCUT2D eigenvalue weighted by Crippen LogP contribution is 2.09. The summed E-state index contributed by atoms with van der Waals surface area (Å²) >= 11 is 0. The van der Waals surface area contributed by atoms with Gasteiger partial charge in [0.25, 0.3) is 0 Å². The molecule has 2 heterocycles. The fourth-order valence-corrected chi connectivity index (χ4v) is 1.59. The molecule has 2 aromatic rings. The average Bonchev–Trinajstić information content (AvgIpc) is 2.81. The van der Waals surface area contributed by atoms with Gasteiger partial charge in [0.05, 0.1) is 6.26 Å². The van der Waals surface area contributed by atoms with E-state index in [1.807, 2.05) is 30.3 Å². The molecule has 2 rings (SSSR count). The van der Waals surface area contributed by atoms with Crippen LogP contribution < -0.4 is 5.32 Å². The molecular formula is C13H16N2O. The van der Waals surface area contributed by atoms with Gasteiger partial charge in [-0.2, -0.15) is 0 Å². The number of anilines is 1. The molecule has 0 spiro atoms. The van der Waals surface area contributed by atoms with Crippen LogP contribution in [-0.4, -0.2) is 11.0 Å². The molecule has 0 aliphatic rings. The maximum absolute atomic E-state index is 5.29. The van der Waals surface area contributed by atoms with E-state index in [9.17, 15) is 0 Å². The zero-order valence-electron chi connectivity index (χ0n) is 9.39. The van der Waals surface area contributed by atoms with Crippen molar-refractivity contribution in [3.63, 3.8) is 0 Å². The first kappa shape index (κ1) is 10.7. The predicted molar refractivity (Wildman–Crippen MR) is 64.4 cm³/mol. The van der Waals surface area contributed by atoms with Crippen molar-refractivity contribution < 1.29 is 4.42 Å². The minimum atomic E-state index is 0.389. The van der Waals surface area contributed by atoms with Crippen LogP contribution in [0.5, 0.6) is 0 Å². The van der Waals surface area contributed by atoms with Gasteiger partial charge in [-0.05, 0) is 37.6 Å².